The molecule has 2 aliphatic heterocycles. The second kappa shape index (κ2) is 5.91. The van der Waals surface area contributed by atoms with E-state index in [2.05, 4.69) is 58.7 Å². The quantitative estimate of drug-likeness (QED) is 0.940. The van der Waals surface area contributed by atoms with Crippen LogP contribution in [0.2, 0.25) is 0 Å². The van der Waals surface area contributed by atoms with E-state index >= 15 is 0 Å². The second-order valence-corrected chi connectivity index (χ2v) is 6.76. The van der Waals surface area contributed by atoms with Crippen LogP contribution in [-0.2, 0) is 17.8 Å². The fraction of sp³-hybridized carbons (Fsp3) is 0.350. The van der Waals surface area contributed by atoms with Gasteiger partial charge in [-0.2, -0.15) is 0 Å². The highest BCUT2D eigenvalue weighted by Crippen LogP contribution is 2.39. The number of carbonyl (C=O) groups is 1. The molecule has 2 aliphatic rings. The van der Waals surface area contributed by atoms with Crippen molar-refractivity contribution in [2.75, 3.05) is 19.6 Å². The highest BCUT2D eigenvalue weighted by Gasteiger charge is 2.55. The van der Waals surface area contributed by atoms with Crippen LogP contribution in [0.5, 0.6) is 0 Å². The molecule has 2 aromatic rings. The van der Waals surface area contributed by atoms with Gasteiger partial charge in [0.2, 0.25) is 0 Å². The Hall–Kier alpha value is -1.97. The molecule has 2 atom stereocenters. The SMILES string of the molecule is O=C1CN(Cc2ccccc2)C2(Cc3ccccc3)CNCC12. The molecule has 0 amide bonds. The molecule has 0 aromatic heterocycles. The van der Waals surface area contributed by atoms with E-state index in [0.29, 0.717) is 12.3 Å². The number of rotatable bonds is 4. The standard InChI is InChI=1S/C20H22N2O/c23-19-14-22(13-17-9-5-2-6-10-17)20(15-21-12-18(19)20)11-16-7-3-1-4-8-16/h1-10,18,21H,11-15H2. The Morgan fingerprint density at radius 3 is 2.35 bits per heavy atom. The van der Waals surface area contributed by atoms with Gasteiger partial charge in [0.05, 0.1) is 12.5 Å². The Balaban J connectivity index is 1.65. The van der Waals surface area contributed by atoms with E-state index in [-0.39, 0.29) is 11.5 Å². The summed E-state index contributed by atoms with van der Waals surface area (Å²) in [5.41, 5.74) is 2.52. The molecule has 2 fully saturated rings. The minimum absolute atomic E-state index is 0.0751. The van der Waals surface area contributed by atoms with Crippen LogP contribution >= 0.6 is 0 Å². The fourth-order valence-corrected chi connectivity index (χ4v) is 4.21. The van der Waals surface area contributed by atoms with Crippen LogP contribution in [0.25, 0.3) is 0 Å². The number of carbonyl (C=O) groups excluding carboxylic acids is 1. The first kappa shape index (κ1) is 14.6. The van der Waals surface area contributed by atoms with Gasteiger partial charge in [-0.05, 0) is 17.5 Å². The Morgan fingerprint density at radius 1 is 1.00 bits per heavy atom. The van der Waals surface area contributed by atoms with Gasteiger partial charge < -0.3 is 5.32 Å². The van der Waals surface area contributed by atoms with E-state index < -0.39 is 0 Å². The molecular weight excluding hydrogens is 284 g/mol. The lowest BCUT2D eigenvalue weighted by molar-refractivity contribution is -0.119. The maximum absolute atomic E-state index is 12.6. The molecule has 0 spiro atoms. The molecule has 0 saturated carbocycles. The minimum Gasteiger partial charge on any atom is -0.314 e. The molecule has 2 saturated heterocycles. The van der Waals surface area contributed by atoms with Gasteiger partial charge in [0, 0.05) is 25.2 Å². The van der Waals surface area contributed by atoms with Crippen molar-refractivity contribution in [3.8, 4) is 0 Å². The summed E-state index contributed by atoms with van der Waals surface area (Å²) in [7, 11) is 0. The number of hydrogen-bond donors (Lipinski definition) is 1. The average Bonchev–Trinajstić information content (AvgIpc) is 3.10. The van der Waals surface area contributed by atoms with Crippen LogP contribution in [0.4, 0.5) is 0 Å². The van der Waals surface area contributed by atoms with Crippen LogP contribution in [-0.4, -0.2) is 35.9 Å². The molecule has 3 nitrogen and oxygen atoms in total. The summed E-state index contributed by atoms with van der Waals surface area (Å²) in [6.45, 7) is 3.13. The average molecular weight is 306 g/mol. The first-order valence-electron chi connectivity index (χ1n) is 8.34. The van der Waals surface area contributed by atoms with Gasteiger partial charge in [0.25, 0.3) is 0 Å². The third-order valence-corrected chi connectivity index (χ3v) is 5.36. The number of nitrogens with one attached hydrogen (secondary N) is 1. The van der Waals surface area contributed by atoms with Crippen molar-refractivity contribution in [2.45, 2.75) is 18.5 Å². The number of benzene rings is 2. The molecule has 118 valence electrons. The zero-order valence-electron chi connectivity index (χ0n) is 13.2. The lowest BCUT2D eigenvalue weighted by Crippen LogP contribution is -2.50. The molecule has 1 N–H and O–H groups in total. The summed E-state index contributed by atoms with van der Waals surface area (Å²) in [4.78, 5) is 15.0. The van der Waals surface area contributed by atoms with Crippen molar-refractivity contribution in [3.63, 3.8) is 0 Å². The largest absolute Gasteiger partial charge is 0.314 e. The van der Waals surface area contributed by atoms with Crippen molar-refractivity contribution in [3.05, 3.63) is 71.8 Å². The summed E-state index contributed by atoms with van der Waals surface area (Å²) < 4.78 is 0. The smallest absolute Gasteiger partial charge is 0.153 e. The van der Waals surface area contributed by atoms with Crippen molar-refractivity contribution in [1.82, 2.24) is 10.2 Å². The summed E-state index contributed by atoms with van der Waals surface area (Å²) in [5.74, 6) is 0.508. The van der Waals surface area contributed by atoms with E-state index in [1.165, 1.54) is 11.1 Å². The van der Waals surface area contributed by atoms with Gasteiger partial charge in [0.15, 0.2) is 5.78 Å². The number of nitrogens with zero attached hydrogens (tertiary/aromatic N) is 1. The van der Waals surface area contributed by atoms with Gasteiger partial charge >= 0.3 is 0 Å². The normalized spacial score (nSPS) is 27.3. The zero-order valence-corrected chi connectivity index (χ0v) is 13.2. The van der Waals surface area contributed by atoms with Crippen molar-refractivity contribution in [2.24, 2.45) is 5.92 Å². The maximum atomic E-state index is 12.6. The van der Waals surface area contributed by atoms with E-state index in [9.17, 15) is 4.79 Å². The number of ketones is 1. The molecule has 3 heteroatoms. The first-order chi connectivity index (χ1) is 11.3. The predicted octanol–water partition coefficient (Wildman–Crippen LogP) is 2.27. The monoisotopic (exact) mass is 306 g/mol. The van der Waals surface area contributed by atoms with Crippen molar-refractivity contribution >= 4 is 5.78 Å². The van der Waals surface area contributed by atoms with Crippen LogP contribution in [0.3, 0.4) is 0 Å². The fourth-order valence-electron chi connectivity index (χ4n) is 4.21. The maximum Gasteiger partial charge on any atom is 0.153 e. The molecule has 4 rings (SSSR count). The molecule has 0 aliphatic carbocycles. The van der Waals surface area contributed by atoms with Gasteiger partial charge in [-0.3, -0.25) is 9.69 Å². The van der Waals surface area contributed by atoms with Crippen LogP contribution in [0.1, 0.15) is 11.1 Å². The van der Waals surface area contributed by atoms with Crippen LogP contribution in [0.15, 0.2) is 60.7 Å². The predicted molar refractivity (Wildman–Crippen MR) is 91.1 cm³/mol. The number of likely N-dealkylation sites (tertiary alicyclic amines) is 1. The van der Waals surface area contributed by atoms with E-state index in [1.54, 1.807) is 0 Å². The summed E-state index contributed by atoms with van der Waals surface area (Å²) in [5, 5.41) is 3.47. The Kier molecular flexibility index (Phi) is 3.76. The second-order valence-electron chi connectivity index (χ2n) is 6.76. The van der Waals surface area contributed by atoms with E-state index in [4.69, 9.17) is 0 Å². The lowest BCUT2D eigenvalue weighted by atomic mass is 9.81. The molecule has 2 unspecified atom stereocenters. The summed E-state index contributed by atoms with van der Waals surface area (Å²) in [6, 6.07) is 21.0. The minimum atomic E-state index is -0.0751. The molecule has 2 heterocycles. The molecular formula is C20H22N2O. The third kappa shape index (κ3) is 2.60. The zero-order chi connectivity index (χ0) is 15.7. The Labute approximate surface area is 137 Å². The molecule has 2 aromatic carbocycles. The van der Waals surface area contributed by atoms with Gasteiger partial charge in [0.1, 0.15) is 0 Å². The van der Waals surface area contributed by atoms with E-state index in [0.717, 1.165) is 26.1 Å². The number of Topliss-reactive ketones (excluding diaryl/α,β-unsaturated/α-hetero) is 1. The Bertz CT molecular complexity index is 685. The van der Waals surface area contributed by atoms with Crippen molar-refractivity contribution in [1.29, 1.82) is 0 Å². The summed E-state index contributed by atoms with van der Waals surface area (Å²) >= 11 is 0. The highest BCUT2D eigenvalue weighted by molar-refractivity contribution is 5.87. The topological polar surface area (TPSA) is 32.3 Å². The number of fused-ring (bicyclic) bond motifs is 1. The van der Waals surface area contributed by atoms with Gasteiger partial charge in [-0.25, -0.2) is 0 Å². The highest BCUT2D eigenvalue weighted by atomic mass is 16.1. The van der Waals surface area contributed by atoms with Gasteiger partial charge in [-0.15, -0.1) is 0 Å². The van der Waals surface area contributed by atoms with Crippen molar-refractivity contribution < 1.29 is 4.79 Å². The third-order valence-electron chi connectivity index (χ3n) is 5.36. The van der Waals surface area contributed by atoms with Gasteiger partial charge in [-0.1, -0.05) is 60.7 Å². The molecule has 0 radical (unpaired) electrons. The Morgan fingerprint density at radius 2 is 1.65 bits per heavy atom. The first-order valence-corrected chi connectivity index (χ1v) is 8.34. The summed E-state index contributed by atoms with van der Waals surface area (Å²) in [6.07, 6.45) is 0.935. The number of hydrogen-bond acceptors (Lipinski definition) is 3. The molecule has 0 bridgehead atoms. The van der Waals surface area contributed by atoms with Crippen LogP contribution < -0.4 is 5.32 Å². The van der Waals surface area contributed by atoms with Crippen LogP contribution in [0, 0.1) is 5.92 Å². The van der Waals surface area contributed by atoms with E-state index in [1.807, 2.05) is 12.1 Å². The molecule has 23 heavy (non-hydrogen) atoms. The lowest BCUT2D eigenvalue weighted by Gasteiger charge is -2.37.